The maximum absolute atomic E-state index is 14.7. The van der Waals surface area contributed by atoms with Crippen molar-refractivity contribution >= 4 is 48.6 Å². The Hall–Kier alpha value is -5.82. The molecule has 6 rings (SSSR count). The summed E-state index contributed by atoms with van der Waals surface area (Å²) in [5.74, 6) is -9.89. The lowest BCUT2D eigenvalue weighted by Crippen LogP contribution is -2.56. The van der Waals surface area contributed by atoms with Gasteiger partial charge in [-0.25, -0.2) is 28.1 Å². The van der Waals surface area contributed by atoms with Crippen LogP contribution < -0.4 is 15.3 Å². The van der Waals surface area contributed by atoms with Crippen molar-refractivity contribution in [2.45, 2.75) is 37.3 Å². The molecule has 0 saturated carbocycles. The number of carboxylic acids is 1. The number of carbonyl (C=O) groups is 5. The minimum atomic E-state index is -1.96. The SMILES string of the molecule is O=C(O)c1c(F)ccc2c1OB(O)[C@@H](NC(=O)[C@@H](NC(=O)N1CCN(C3CCN(C(=O)c4cccc(O)c4)CC3)C1=O)c1cc(F)c(O)c(O)c1Cl)C2. The third kappa shape index (κ3) is 7.16. The fourth-order valence-electron chi connectivity index (χ4n) is 6.63. The molecule has 0 bridgehead atoms. The smallest absolute Gasteiger partial charge is 0.534 e. The number of nitrogens with zero attached hydrogens (tertiary/aromatic N) is 3. The number of carboxylic acid groups (broad SMARTS) is 1. The Balaban J connectivity index is 1.17. The zero-order valence-electron chi connectivity index (χ0n) is 27.5. The molecule has 2 fully saturated rings. The van der Waals surface area contributed by atoms with E-state index >= 15 is 0 Å². The van der Waals surface area contributed by atoms with Crippen LogP contribution in [0.4, 0.5) is 18.4 Å². The maximum Gasteiger partial charge on any atom is 0.547 e. The number of likely N-dealkylation sites (tertiary alicyclic amines) is 1. The van der Waals surface area contributed by atoms with E-state index in [2.05, 4.69) is 10.6 Å². The lowest BCUT2D eigenvalue weighted by molar-refractivity contribution is -0.123. The number of fused-ring (bicyclic) bond motifs is 1. The van der Waals surface area contributed by atoms with Gasteiger partial charge in [-0.2, -0.15) is 0 Å². The van der Waals surface area contributed by atoms with Gasteiger partial charge in [0.15, 0.2) is 17.3 Å². The van der Waals surface area contributed by atoms with Crippen LogP contribution in [0.5, 0.6) is 23.0 Å². The van der Waals surface area contributed by atoms with Crippen molar-refractivity contribution in [2.24, 2.45) is 0 Å². The van der Waals surface area contributed by atoms with Crippen LogP contribution in [0.3, 0.4) is 0 Å². The second kappa shape index (κ2) is 14.7. The summed E-state index contributed by atoms with van der Waals surface area (Å²) in [5.41, 5.74) is -0.972. The van der Waals surface area contributed by atoms with E-state index in [4.69, 9.17) is 16.3 Å². The molecule has 3 aliphatic heterocycles. The maximum atomic E-state index is 14.7. The topological polar surface area (TPSA) is 230 Å². The number of nitrogens with one attached hydrogen (secondary N) is 2. The average molecular weight is 758 g/mol. The Bertz CT molecular complexity index is 2020. The zero-order chi connectivity index (χ0) is 38.3. The molecule has 3 aromatic rings. The Kier molecular flexibility index (Phi) is 10.2. The number of halogens is 3. The molecule has 3 aliphatic rings. The first-order chi connectivity index (χ1) is 25.2. The van der Waals surface area contributed by atoms with Crippen LogP contribution in [0.15, 0.2) is 42.5 Å². The van der Waals surface area contributed by atoms with Gasteiger partial charge in [-0.05, 0) is 55.2 Å². The van der Waals surface area contributed by atoms with Crippen molar-refractivity contribution in [2.75, 3.05) is 26.2 Å². The van der Waals surface area contributed by atoms with Gasteiger partial charge in [0, 0.05) is 43.3 Å². The predicted molar refractivity (Wildman–Crippen MR) is 179 cm³/mol. The standard InChI is InChI=1S/C33H31BClF2N5O11/c35-24-19(14-21(37)26(44)27(24)45)25(29(46)38-22-13-15-4-5-20(36)23(31(48)49)28(15)53-34(22)52)39-32(50)42-11-10-41(33(42)51)17-6-8-40(9-7-17)30(47)16-2-1-3-18(43)12-16/h1-5,12,14,17,22,25,43-45,52H,6-11,13H2,(H,38,46)(H,39,50)(H,48,49)/t22-,25-/m0/s1. The van der Waals surface area contributed by atoms with Crippen LogP contribution in [-0.4, -0.2) is 115 Å². The molecule has 7 N–H and O–H groups in total. The highest BCUT2D eigenvalue weighted by molar-refractivity contribution is 6.47. The Morgan fingerprint density at radius 2 is 1.68 bits per heavy atom. The lowest BCUT2D eigenvalue weighted by atomic mass is 9.72. The van der Waals surface area contributed by atoms with E-state index in [1.807, 2.05) is 0 Å². The minimum Gasteiger partial charge on any atom is -0.534 e. The summed E-state index contributed by atoms with van der Waals surface area (Å²) in [7, 11) is -1.93. The van der Waals surface area contributed by atoms with E-state index in [9.17, 15) is 58.2 Å². The Morgan fingerprint density at radius 3 is 2.36 bits per heavy atom. The van der Waals surface area contributed by atoms with Crippen LogP contribution in [0.2, 0.25) is 5.02 Å². The van der Waals surface area contributed by atoms with Crippen LogP contribution in [0.25, 0.3) is 0 Å². The number of carbonyl (C=O) groups excluding carboxylic acids is 4. The van der Waals surface area contributed by atoms with Crippen LogP contribution >= 0.6 is 11.6 Å². The molecule has 2 atom stereocenters. The Labute approximate surface area is 304 Å². The summed E-state index contributed by atoms with van der Waals surface area (Å²) in [4.78, 5) is 69.3. The molecular weight excluding hydrogens is 727 g/mol. The number of aromatic carboxylic acids is 1. The van der Waals surface area contributed by atoms with Gasteiger partial charge in [-0.1, -0.05) is 23.7 Å². The number of phenolic OH excluding ortho intramolecular Hbond substituents is 3. The first-order valence-corrected chi connectivity index (χ1v) is 16.6. The third-order valence-electron chi connectivity index (χ3n) is 9.36. The third-order valence-corrected chi connectivity index (χ3v) is 9.76. The number of rotatable bonds is 7. The van der Waals surface area contributed by atoms with E-state index in [0.29, 0.717) is 37.6 Å². The molecule has 20 heteroatoms. The largest absolute Gasteiger partial charge is 0.547 e. The van der Waals surface area contributed by atoms with E-state index in [1.54, 1.807) is 17.0 Å². The number of imide groups is 1. The van der Waals surface area contributed by atoms with Gasteiger partial charge in [0.1, 0.15) is 28.9 Å². The number of urea groups is 2. The number of hydrogen-bond donors (Lipinski definition) is 7. The highest BCUT2D eigenvalue weighted by Gasteiger charge is 2.43. The molecule has 16 nitrogen and oxygen atoms in total. The zero-order valence-corrected chi connectivity index (χ0v) is 28.2. The van der Waals surface area contributed by atoms with Crippen LogP contribution in [0, 0.1) is 11.6 Å². The summed E-state index contributed by atoms with van der Waals surface area (Å²) in [6, 6.07) is 4.41. The summed E-state index contributed by atoms with van der Waals surface area (Å²) in [5, 5.41) is 53.9. The minimum absolute atomic E-state index is 0.0543. The van der Waals surface area contributed by atoms with Crippen LogP contribution in [0.1, 0.15) is 50.7 Å². The van der Waals surface area contributed by atoms with Crippen molar-refractivity contribution in [3.8, 4) is 23.0 Å². The molecule has 0 aliphatic carbocycles. The van der Waals surface area contributed by atoms with Gasteiger partial charge < -0.3 is 50.5 Å². The van der Waals surface area contributed by atoms with Gasteiger partial charge in [0.2, 0.25) is 5.91 Å². The number of phenols is 3. The van der Waals surface area contributed by atoms with E-state index in [-0.39, 0.29) is 42.8 Å². The second-order valence-corrected chi connectivity index (χ2v) is 13.0. The molecule has 53 heavy (non-hydrogen) atoms. The fourth-order valence-corrected chi connectivity index (χ4v) is 6.88. The summed E-state index contributed by atoms with van der Waals surface area (Å²) >= 11 is 6.18. The molecule has 278 valence electrons. The fraction of sp³-hybridized carbons (Fsp3) is 0.303. The molecule has 3 heterocycles. The highest BCUT2D eigenvalue weighted by atomic mass is 35.5. The van der Waals surface area contributed by atoms with Crippen molar-refractivity contribution in [3.05, 3.63) is 81.4 Å². The quantitative estimate of drug-likeness (QED) is 0.137. The number of piperidine rings is 1. The summed E-state index contributed by atoms with van der Waals surface area (Å²) < 4.78 is 34.1. The Morgan fingerprint density at radius 1 is 0.962 bits per heavy atom. The molecule has 6 amide bonds. The van der Waals surface area contributed by atoms with Crippen LogP contribution in [-0.2, 0) is 11.2 Å². The molecule has 0 spiro atoms. The predicted octanol–water partition coefficient (Wildman–Crippen LogP) is 2.37. The number of amides is 6. The van der Waals surface area contributed by atoms with Gasteiger partial charge in [0.25, 0.3) is 5.91 Å². The molecule has 3 aromatic carbocycles. The normalized spacial score (nSPS) is 18.0. The monoisotopic (exact) mass is 757 g/mol. The van der Waals surface area contributed by atoms with Gasteiger partial charge in [-0.3, -0.25) is 9.59 Å². The molecule has 0 aromatic heterocycles. The van der Waals surface area contributed by atoms with E-state index in [1.165, 1.54) is 23.1 Å². The number of aromatic hydroxyl groups is 3. The summed E-state index contributed by atoms with van der Waals surface area (Å²) in [6.07, 6.45) is 0.478. The lowest BCUT2D eigenvalue weighted by Gasteiger charge is -2.36. The van der Waals surface area contributed by atoms with E-state index < -0.39 is 88.1 Å². The number of hydrogen-bond acceptors (Lipinski definition) is 10. The number of benzene rings is 3. The molecule has 2 saturated heterocycles. The van der Waals surface area contributed by atoms with Crippen molar-refractivity contribution < 1.29 is 62.9 Å². The highest BCUT2D eigenvalue weighted by Crippen LogP contribution is 2.41. The summed E-state index contributed by atoms with van der Waals surface area (Å²) in [6.45, 7) is 0.561. The first-order valence-electron chi connectivity index (χ1n) is 16.2. The molecular formula is C33H31BClF2N5O11. The van der Waals surface area contributed by atoms with E-state index in [0.717, 1.165) is 11.0 Å². The van der Waals surface area contributed by atoms with Crippen molar-refractivity contribution in [3.63, 3.8) is 0 Å². The van der Waals surface area contributed by atoms with Crippen molar-refractivity contribution in [1.82, 2.24) is 25.3 Å². The van der Waals surface area contributed by atoms with Gasteiger partial charge >= 0.3 is 25.1 Å². The second-order valence-electron chi connectivity index (χ2n) is 12.6. The van der Waals surface area contributed by atoms with Gasteiger partial charge in [-0.15, -0.1) is 0 Å². The molecule has 0 radical (unpaired) electrons. The van der Waals surface area contributed by atoms with Gasteiger partial charge in [0.05, 0.1) is 11.0 Å². The van der Waals surface area contributed by atoms with Crippen molar-refractivity contribution in [1.29, 1.82) is 0 Å². The first kappa shape index (κ1) is 37.0. The molecule has 0 unspecified atom stereocenters. The average Bonchev–Trinajstić information content (AvgIpc) is 3.52.